The molecule has 0 unspecified atom stereocenters. The van der Waals surface area contributed by atoms with Crippen LogP contribution in [0.2, 0.25) is 0 Å². The van der Waals surface area contributed by atoms with E-state index in [1.807, 2.05) is 12.1 Å². The molecule has 0 aliphatic carbocycles. The van der Waals surface area contributed by atoms with Crippen LogP contribution < -0.4 is 10.2 Å². The first-order valence-electron chi connectivity index (χ1n) is 10.3. The van der Waals surface area contributed by atoms with Gasteiger partial charge in [-0.3, -0.25) is 9.69 Å². The number of benzene rings is 3. The van der Waals surface area contributed by atoms with Crippen LogP contribution >= 0.6 is 0 Å². The summed E-state index contributed by atoms with van der Waals surface area (Å²) in [5, 5.41) is 12.3. The van der Waals surface area contributed by atoms with Gasteiger partial charge in [0.2, 0.25) is 5.91 Å². The number of rotatable bonds is 6. The molecule has 4 rings (SSSR count). The van der Waals surface area contributed by atoms with E-state index in [1.165, 1.54) is 11.3 Å². The van der Waals surface area contributed by atoms with Crippen LogP contribution in [0.1, 0.15) is 11.1 Å². The third-order valence-electron chi connectivity index (χ3n) is 5.44. The zero-order valence-electron chi connectivity index (χ0n) is 17.0. The Morgan fingerprint density at radius 3 is 2.13 bits per heavy atom. The number of amides is 1. The SMILES string of the molecule is O=C(Cc1ccc(O)cc1)Nc1ccc(N2CCN(Cc3ccccc3)CC2)cc1. The standard InChI is InChI=1S/C25H27N3O2/c29-24-12-6-20(7-13-24)18-25(30)26-22-8-10-23(11-9-22)28-16-14-27(15-17-28)19-21-4-2-1-3-5-21/h1-13,29H,14-19H2,(H,26,30). The summed E-state index contributed by atoms with van der Waals surface area (Å²) in [5.74, 6) is 0.138. The molecule has 0 atom stereocenters. The van der Waals surface area contributed by atoms with E-state index in [-0.39, 0.29) is 18.1 Å². The zero-order valence-corrected chi connectivity index (χ0v) is 17.0. The molecule has 1 heterocycles. The average Bonchev–Trinajstić information content (AvgIpc) is 2.77. The molecule has 3 aromatic carbocycles. The van der Waals surface area contributed by atoms with E-state index < -0.39 is 0 Å². The van der Waals surface area contributed by atoms with Gasteiger partial charge >= 0.3 is 0 Å². The largest absolute Gasteiger partial charge is 0.508 e. The molecule has 0 spiro atoms. The number of hydrogen-bond acceptors (Lipinski definition) is 4. The lowest BCUT2D eigenvalue weighted by atomic mass is 10.1. The number of carbonyl (C=O) groups is 1. The van der Waals surface area contributed by atoms with E-state index in [9.17, 15) is 9.90 Å². The lowest BCUT2D eigenvalue weighted by Gasteiger charge is -2.36. The van der Waals surface area contributed by atoms with Crippen LogP contribution in [-0.4, -0.2) is 42.1 Å². The van der Waals surface area contributed by atoms with Crippen LogP contribution in [0.4, 0.5) is 11.4 Å². The Balaban J connectivity index is 1.26. The second-order valence-corrected chi connectivity index (χ2v) is 7.69. The summed E-state index contributed by atoms with van der Waals surface area (Å²) in [6.07, 6.45) is 0.283. The van der Waals surface area contributed by atoms with Crippen LogP contribution in [0.5, 0.6) is 5.75 Å². The summed E-state index contributed by atoms with van der Waals surface area (Å²) >= 11 is 0. The number of phenols is 1. The zero-order chi connectivity index (χ0) is 20.8. The summed E-state index contributed by atoms with van der Waals surface area (Å²) in [6.45, 7) is 5.08. The highest BCUT2D eigenvalue weighted by molar-refractivity contribution is 5.92. The number of phenolic OH excluding ortho intramolecular Hbond substituents is 1. The molecule has 1 amide bonds. The van der Waals surface area contributed by atoms with Gasteiger partial charge in [0, 0.05) is 44.1 Å². The third-order valence-corrected chi connectivity index (χ3v) is 5.44. The number of nitrogens with zero attached hydrogens (tertiary/aromatic N) is 2. The van der Waals surface area contributed by atoms with Crippen molar-refractivity contribution >= 4 is 17.3 Å². The minimum Gasteiger partial charge on any atom is -0.508 e. The summed E-state index contributed by atoms with van der Waals surface area (Å²) in [4.78, 5) is 17.1. The first-order valence-corrected chi connectivity index (χ1v) is 10.3. The minimum atomic E-state index is -0.0667. The quantitative estimate of drug-likeness (QED) is 0.658. The number of piperazine rings is 1. The number of nitrogens with one attached hydrogen (secondary N) is 1. The Hall–Kier alpha value is -3.31. The summed E-state index contributed by atoms with van der Waals surface area (Å²) in [6, 6.07) is 25.4. The number of carbonyl (C=O) groups excluding carboxylic acids is 1. The molecule has 1 saturated heterocycles. The maximum atomic E-state index is 12.2. The fourth-order valence-corrected chi connectivity index (χ4v) is 3.77. The molecular formula is C25H27N3O2. The molecule has 1 fully saturated rings. The van der Waals surface area contributed by atoms with Gasteiger partial charge in [0.1, 0.15) is 5.75 Å². The molecule has 0 saturated carbocycles. The van der Waals surface area contributed by atoms with Crippen molar-refractivity contribution in [2.45, 2.75) is 13.0 Å². The van der Waals surface area contributed by atoms with Crippen molar-refractivity contribution in [1.82, 2.24) is 4.90 Å². The Bertz CT molecular complexity index is 948. The highest BCUT2D eigenvalue weighted by atomic mass is 16.3. The Morgan fingerprint density at radius 2 is 1.47 bits per heavy atom. The normalized spacial score (nSPS) is 14.5. The average molecular weight is 402 g/mol. The molecule has 0 bridgehead atoms. The second-order valence-electron chi connectivity index (χ2n) is 7.69. The Labute approximate surface area is 177 Å². The molecule has 0 radical (unpaired) electrons. The lowest BCUT2D eigenvalue weighted by Crippen LogP contribution is -2.45. The van der Waals surface area contributed by atoms with Crippen molar-refractivity contribution in [2.24, 2.45) is 0 Å². The number of anilines is 2. The van der Waals surface area contributed by atoms with E-state index in [1.54, 1.807) is 24.3 Å². The highest BCUT2D eigenvalue weighted by Crippen LogP contribution is 2.20. The van der Waals surface area contributed by atoms with Gasteiger partial charge in [0.05, 0.1) is 6.42 Å². The molecule has 5 nitrogen and oxygen atoms in total. The van der Waals surface area contributed by atoms with Crippen molar-refractivity contribution in [2.75, 3.05) is 36.4 Å². The van der Waals surface area contributed by atoms with Crippen molar-refractivity contribution < 1.29 is 9.90 Å². The van der Waals surface area contributed by atoms with Gasteiger partial charge in [-0.05, 0) is 47.5 Å². The predicted octanol–water partition coefficient (Wildman–Crippen LogP) is 3.90. The van der Waals surface area contributed by atoms with Gasteiger partial charge in [-0.15, -0.1) is 0 Å². The second kappa shape index (κ2) is 9.46. The van der Waals surface area contributed by atoms with Gasteiger partial charge in [-0.1, -0.05) is 42.5 Å². The molecule has 2 N–H and O–H groups in total. The Kier molecular flexibility index (Phi) is 6.30. The topological polar surface area (TPSA) is 55.8 Å². The third kappa shape index (κ3) is 5.39. The molecule has 0 aromatic heterocycles. The van der Waals surface area contributed by atoms with E-state index >= 15 is 0 Å². The van der Waals surface area contributed by atoms with Crippen LogP contribution in [-0.2, 0) is 17.8 Å². The van der Waals surface area contributed by atoms with Crippen molar-refractivity contribution in [3.63, 3.8) is 0 Å². The van der Waals surface area contributed by atoms with Gasteiger partial charge < -0.3 is 15.3 Å². The Morgan fingerprint density at radius 1 is 0.800 bits per heavy atom. The van der Waals surface area contributed by atoms with E-state index in [2.05, 4.69) is 57.6 Å². The molecule has 154 valence electrons. The first-order chi connectivity index (χ1) is 14.7. The lowest BCUT2D eigenvalue weighted by molar-refractivity contribution is -0.115. The summed E-state index contributed by atoms with van der Waals surface area (Å²) in [5.41, 5.74) is 4.21. The van der Waals surface area contributed by atoms with E-state index in [0.717, 1.165) is 44.0 Å². The number of hydrogen-bond donors (Lipinski definition) is 2. The molecule has 5 heteroatoms. The van der Waals surface area contributed by atoms with Crippen LogP contribution in [0.15, 0.2) is 78.9 Å². The monoisotopic (exact) mass is 401 g/mol. The smallest absolute Gasteiger partial charge is 0.228 e. The maximum absolute atomic E-state index is 12.2. The van der Waals surface area contributed by atoms with Crippen molar-refractivity contribution in [1.29, 1.82) is 0 Å². The maximum Gasteiger partial charge on any atom is 0.228 e. The first kappa shape index (κ1) is 20.0. The fourth-order valence-electron chi connectivity index (χ4n) is 3.77. The van der Waals surface area contributed by atoms with Crippen LogP contribution in [0.3, 0.4) is 0 Å². The molecule has 1 aliphatic rings. The highest BCUT2D eigenvalue weighted by Gasteiger charge is 2.17. The van der Waals surface area contributed by atoms with Gasteiger partial charge in [-0.25, -0.2) is 0 Å². The molecule has 30 heavy (non-hydrogen) atoms. The van der Waals surface area contributed by atoms with Crippen LogP contribution in [0.25, 0.3) is 0 Å². The minimum absolute atomic E-state index is 0.0667. The number of aromatic hydroxyl groups is 1. The van der Waals surface area contributed by atoms with Gasteiger partial charge in [-0.2, -0.15) is 0 Å². The van der Waals surface area contributed by atoms with Gasteiger partial charge in [0.15, 0.2) is 0 Å². The van der Waals surface area contributed by atoms with Crippen LogP contribution in [0, 0.1) is 0 Å². The van der Waals surface area contributed by atoms with E-state index in [4.69, 9.17) is 0 Å². The van der Waals surface area contributed by atoms with Crippen molar-refractivity contribution in [3.05, 3.63) is 90.0 Å². The summed E-state index contributed by atoms with van der Waals surface area (Å²) in [7, 11) is 0. The van der Waals surface area contributed by atoms with Gasteiger partial charge in [0.25, 0.3) is 0 Å². The fraction of sp³-hybridized carbons (Fsp3) is 0.240. The van der Waals surface area contributed by atoms with Crippen molar-refractivity contribution in [3.8, 4) is 5.75 Å². The predicted molar refractivity (Wildman–Crippen MR) is 121 cm³/mol. The molecule has 1 aliphatic heterocycles. The molecule has 3 aromatic rings. The molecular weight excluding hydrogens is 374 g/mol. The van der Waals surface area contributed by atoms with E-state index in [0.29, 0.717) is 0 Å². The summed E-state index contributed by atoms with van der Waals surface area (Å²) < 4.78 is 0.